The average Bonchev–Trinajstić information content (AvgIpc) is 2.54. The number of pyridine rings is 1. The lowest BCUT2D eigenvalue weighted by atomic mass is 10.1. The fourth-order valence-corrected chi connectivity index (χ4v) is 2.41. The standard InChI is InChI=1S/C17H20ClN3O4/c1-5-24-16(23)17(2,3)25-13-7-6-12(19-10-13)8-11-9-14(18)20-21(4)15(11)22/h6-7,9-10H,5,8H2,1-4H3. The predicted octanol–water partition coefficient (Wildman–Crippen LogP) is 2.14. The van der Waals surface area contributed by atoms with Crippen molar-refractivity contribution in [3.05, 3.63) is 51.2 Å². The van der Waals surface area contributed by atoms with Crippen molar-refractivity contribution in [1.29, 1.82) is 0 Å². The second-order valence-electron chi connectivity index (χ2n) is 5.92. The Hall–Kier alpha value is -2.41. The van der Waals surface area contributed by atoms with E-state index in [1.165, 1.54) is 16.9 Å². The highest BCUT2D eigenvalue weighted by Gasteiger charge is 2.31. The van der Waals surface area contributed by atoms with Crippen LogP contribution in [0.3, 0.4) is 0 Å². The first kappa shape index (κ1) is 18.9. The molecule has 2 aromatic rings. The van der Waals surface area contributed by atoms with Crippen molar-refractivity contribution in [2.24, 2.45) is 7.05 Å². The van der Waals surface area contributed by atoms with E-state index in [1.54, 1.807) is 40.0 Å². The summed E-state index contributed by atoms with van der Waals surface area (Å²) in [5.41, 5.74) is -0.181. The van der Waals surface area contributed by atoms with Crippen molar-refractivity contribution in [3.63, 3.8) is 0 Å². The Balaban J connectivity index is 2.13. The maximum atomic E-state index is 12.1. The minimum atomic E-state index is -1.12. The smallest absolute Gasteiger partial charge is 0.349 e. The molecule has 0 unspecified atom stereocenters. The van der Waals surface area contributed by atoms with Gasteiger partial charge in [0.05, 0.1) is 12.8 Å². The number of nitrogens with zero attached hydrogens (tertiary/aromatic N) is 3. The second kappa shape index (κ2) is 7.65. The summed E-state index contributed by atoms with van der Waals surface area (Å²) in [5.74, 6) is -0.0172. The van der Waals surface area contributed by atoms with Crippen LogP contribution in [0.15, 0.2) is 29.2 Å². The molecule has 2 heterocycles. The quantitative estimate of drug-likeness (QED) is 0.729. The summed E-state index contributed by atoms with van der Waals surface area (Å²) in [6.07, 6.45) is 1.82. The van der Waals surface area contributed by atoms with E-state index in [4.69, 9.17) is 21.1 Å². The third-order valence-electron chi connectivity index (χ3n) is 3.42. The van der Waals surface area contributed by atoms with Gasteiger partial charge in [0.15, 0.2) is 5.60 Å². The lowest BCUT2D eigenvalue weighted by Gasteiger charge is -2.23. The highest BCUT2D eigenvalue weighted by molar-refractivity contribution is 6.29. The third kappa shape index (κ3) is 4.79. The van der Waals surface area contributed by atoms with Crippen LogP contribution in [-0.4, -0.2) is 32.9 Å². The minimum Gasteiger partial charge on any atom is -0.475 e. The third-order valence-corrected chi connectivity index (χ3v) is 3.60. The van der Waals surface area contributed by atoms with E-state index in [-0.39, 0.29) is 17.3 Å². The molecule has 0 fully saturated rings. The Morgan fingerprint density at radius 2 is 2.08 bits per heavy atom. The van der Waals surface area contributed by atoms with Gasteiger partial charge in [-0.2, -0.15) is 5.10 Å². The predicted molar refractivity (Wildman–Crippen MR) is 92.9 cm³/mol. The molecular weight excluding hydrogens is 346 g/mol. The van der Waals surface area contributed by atoms with E-state index in [9.17, 15) is 9.59 Å². The summed E-state index contributed by atoms with van der Waals surface area (Å²) in [5, 5.41) is 4.09. The van der Waals surface area contributed by atoms with Gasteiger partial charge < -0.3 is 9.47 Å². The molecule has 0 aliphatic carbocycles. The maximum Gasteiger partial charge on any atom is 0.349 e. The molecule has 0 amide bonds. The number of ether oxygens (including phenoxy) is 2. The molecule has 0 bridgehead atoms. The number of carbonyl (C=O) groups excluding carboxylic acids is 1. The summed E-state index contributed by atoms with van der Waals surface area (Å²) in [6, 6.07) is 4.95. The van der Waals surface area contributed by atoms with Crippen LogP contribution in [0.5, 0.6) is 5.75 Å². The van der Waals surface area contributed by atoms with Crippen molar-refractivity contribution in [2.45, 2.75) is 32.8 Å². The first-order chi connectivity index (χ1) is 11.7. The maximum absolute atomic E-state index is 12.1. The first-order valence-electron chi connectivity index (χ1n) is 7.77. The number of hydrogen-bond acceptors (Lipinski definition) is 6. The van der Waals surface area contributed by atoms with E-state index in [0.717, 1.165) is 0 Å². The van der Waals surface area contributed by atoms with Crippen molar-refractivity contribution >= 4 is 17.6 Å². The highest BCUT2D eigenvalue weighted by Crippen LogP contribution is 2.19. The van der Waals surface area contributed by atoms with Crippen LogP contribution < -0.4 is 10.3 Å². The topological polar surface area (TPSA) is 83.3 Å². The van der Waals surface area contributed by atoms with E-state index in [2.05, 4.69) is 10.1 Å². The molecule has 7 nitrogen and oxygen atoms in total. The molecule has 134 valence electrons. The van der Waals surface area contributed by atoms with Gasteiger partial charge in [-0.25, -0.2) is 9.48 Å². The van der Waals surface area contributed by atoms with E-state index >= 15 is 0 Å². The van der Waals surface area contributed by atoms with E-state index in [0.29, 0.717) is 23.4 Å². The van der Waals surface area contributed by atoms with Crippen LogP contribution in [0.1, 0.15) is 32.0 Å². The molecule has 2 aromatic heterocycles. The van der Waals surface area contributed by atoms with Gasteiger partial charge in [-0.1, -0.05) is 11.6 Å². The molecule has 0 aliphatic rings. The number of aryl methyl sites for hydroxylation is 1. The Bertz CT molecular complexity index is 816. The van der Waals surface area contributed by atoms with Crippen molar-refractivity contribution in [2.75, 3.05) is 6.61 Å². The van der Waals surface area contributed by atoms with Crippen LogP contribution in [0.25, 0.3) is 0 Å². The largest absolute Gasteiger partial charge is 0.475 e. The van der Waals surface area contributed by atoms with Crippen LogP contribution in [-0.2, 0) is 23.0 Å². The van der Waals surface area contributed by atoms with Crippen molar-refractivity contribution in [3.8, 4) is 5.75 Å². The van der Waals surface area contributed by atoms with Gasteiger partial charge in [0.25, 0.3) is 5.56 Å². The molecule has 25 heavy (non-hydrogen) atoms. The van der Waals surface area contributed by atoms with Crippen LogP contribution in [0, 0.1) is 0 Å². The normalized spacial score (nSPS) is 11.2. The Labute approximate surface area is 150 Å². The zero-order valence-corrected chi connectivity index (χ0v) is 15.3. The Morgan fingerprint density at radius 3 is 2.68 bits per heavy atom. The number of aromatic nitrogens is 3. The zero-order chi connectivity index (χ0) is 18.6. The summed E-state index contributed by atoms with van der Waals surface area (Å²) >= 11 is 5.89. The molecule has 0 atom stereocenters. The number of hydrogen-bond donors (Lipinski definition) is 0. The summed E-state index contributed by atoms with van der Waals surface area (Å²) in [6.45, 7) is 5.27. The van der Waals surface area contributed by atoms with E-state index in [1.807, 2.05) is 0 Å². The van der Waals surface area contributed by atoms with Gasteiger partial charge >= 0.3 is 5.97 Å². The molecule has 0 spiro atoms. The molecular formula is C17H20ClN3O4. The molecule has 0 aliphatic heterocycles. The van der Waals surface area contributed by atoms with Gasteiger partial charge in [0, 0.05) is 24.7 Å². The summed E-state index contributed by atoms with van der Waals surface area (Å²) in [4.78, 5) is 28.2. The Kier molecular flexibility index (Phi) is 5.79. The molecule has 0 saturated carbocycles. The number of esters is 1. The monoisotopic (exact) mass is 365 g/mol. The minimum absolute atomic E-state index is 0.227. The molecule has 8 heteroatoms. The number of rotatable bonds is 6. The van der Waals surface area contributed by atoms with Gasteiger partial charge in [0.1, 0.15) is 10.9 Å². The summed E-state index contributed by atoms with van der Waals surface area (Å²) in [7, 11) is 1.54. The average molecular weight is 366 g/mol. The van der Waals surface area contributed by atoms with Gasteiger partial charge in [-0.15, -0.1) is 0 Å². The zero-order valence-electron chi connectivity index (χ0n) is 14.6. The Morgan fingerprint density at radius 1 is 1.36 bits per heavy atom. The second-order valence-corrected chi connectivity index (χ2v) is 6.30. The van der Waals surface area contributed by atoms with Gasteiger partial charge in [-0.3, -0.25) is 9.78 Å². The number of halogens is 1. The first-order valence-corrected chi connectivity index (χ1v) is 8.14. The lowest BCUT2D eigenvalue weighted by Crippen LogP contribution is -2.39. The van der Waals surface area contributed by atoms with Crippen molar-refractivity contribution < 1.29 is 14.3 Å². The SMILES string of the molecule is CCOC(=O)C(C)(C)Oc1ccc(Cc2cc(Cl)nn(C)c2=O)nc1. The van der Waals surface area contributed by atoms with Crippen LogP contribution >= 0.6 is 11.6 Å². The van der Waals surface area contributed by atoms with Crippen LogP contribution in [0.2, 0.25) is 5.15 Å². The molecule has 0 radical (unpaired) electrons. The van der Waals surface area contributed by atoms with Gasteiger partial charge in [0.2, 0.25) is 0 Å². The summed E-state index contributed by atoms with van der Waals surface area (Å²) < 4.78 is 11.8. The van der Waals surface area contributed by atoms with E-state index < -0.39 is 11.6 Å². The molecule has 0 N–H and O–H groups in total. The highest BCUT2D eigenvalue weighted by atomic mass is 35.5. The molecule has 0 aromatic carbocycles. The fraction of sp³-hybridized carbons (Fsp3) is 0.412. The molecule has 2 rings (SSSR count). The van der Waals surface area contributed by atoms with Crippen LogP contribution in [0.4, 0.5) is 0 Å². The van der Waals surface area contributed by atoms with Crippen molar-refractivity contribution in [1.82, 2.24) is 14.8 Å². The number of carbonyl (C=O) groups is 1. The van der Waals surface area contributed by atoms with Gasteiger partial charge in [-0.05, 0) is 39.0 Å². The fourth-order valence-electron chi connectivity index (χ4n) is 2.17. The lowest BCUT2D eigenvalue weighted by molar-refractivity contribution is -0.158. The molecule has 0 saturated heterocycles.